The maximum absolute atomic E-state index is 11.1. The van der Waals surface area contributed by atoms with Gasteiger partial charge in [-0.05, 0) is 37.6 Å². The molecule has 0 amide bonds. The Morgan fingerprint density at radius 1 is 1.00 bits per heavy atom. The number of non-ortho nitro benzene ring substituents is 1. The van der Waals surface area contributed by atoms with Crippen molar-refractivity contribution in [1.82, 2.24) is 0 Å². The molecular weight excluding hydrogens is 324 g/mol. The van der Waals surface area contributed by atoms with E-state index in [1.165, 1.54) is 18.3 Å². The lowest BCUT2D eigenvalue weighted by Gasteiger charge is -2.20. The van der Waals surface area contributed by atoms with Crippen molar-refractivity contribution in [1.29, 1.82) is 0 Å². The van der Waals surface area contributed by atoms with E-state index in [9.17, 15) is 20.2 Å². The van der Waals surface area contributed by atoms with Crippen LogP contribution in [-0.2, 0) is 0 Å². The second kappa shape index (κ2) is 8.00. The predicted octanol–water partition coefficient (Wildman–Crippen LogP) is 4.10. The van der Waals surface area contributed by atoms with Gasteiger partial charge < -0.3 is 4.90 Å². The molecule has 0 aliphatic carbocycles. The van der Waals surface area contributed by atoms with Crippen molar-refractivity contribution in [3.05, 3.63) is 68.3 Å². The summed E-state index contributed by atoms with van der Waals surface area (Å²) in [7, 11) is 0. The summed E-state index contributed by atoms with van der Waals surface area (Å²) in [5, 5.41) is 21.8. The van der Waals surface area contributed by atoms with Gasteiger partial charge in [0.05, 0.1) is 15.9 Å². The third-order valence-electron chi connectivity index (χ3n) is 3.74. The molecule has 2 rings (SSSR count). The number of rotatable bonds is 7. The highest BCUT2D eigenvalue weighted by atomic mass is 16.6. The number of benzene rings is 2. The molecule has 0 saturated heterocycles. The molecular formula is C17H18N4O4. The first-order chi connectivity index (χ1) is 12.0. The lowest BCUT2D eigenvalue weighted by Crippen LogP contribution is -2.21. The molecule has 25 heavy (non-hydrogen) atoms. The topological polar surface area (TPSA) is 102 Å². The van der Waals surface area contributed by atoms with Crippen LogP contribution in [0, 0.1) is 20.2 Å². The van der Waals surface area contributed by atoms with Gasteiger partial charge in [-0.25, -0.2) is 4.99 Å². The van der Waals surface area contributed by atoms with Gasteiger partial charge in [0, 0.05) is 31.1 Å². The largest absolute Gasteiger partial charge is 0.372 e. The van der Waals surface area contributed by atoms with Crippen molar-refractivity contribution in [2.75, 3.05) is 18.0 Å². The Bertz CT molecular complexity index is 799. The number of hydrogen-bond acceptors (Lipinski definition) is 6. The van der Waals surface area contributed by atoms with E-state index in [1.807, 2.05) is 24.3 Å². The standard InChI is InChI=1S/C17H18N4O4/c1-3-19(4-2)14-7-5-13(6-8-14)12-18-16-10-9-15(20(22)23)11-17(16)21(24)25/h5-12H,3-4H2,1-2H3. The predicted molar refractivity (Wildman–Crippen MR) is 97.0 cm³/mol. The van der Waals surface area contributed by atoms with Crippen molar-refractivity contribution < 1.29 is 9.85 Å². The monoisotopic (exact) mass is 342 g/mol. The van der Waals surface area contributed by atoms with Gasteiger partial charge in [-0.15, -0.1) is 0 Å². The molecule has 0 heterocycles. The Kier molecular flexibility index (Phi) is 5.78. The minimum atomic E-state index is -0.677. The summed E-state index contributed by atoms with van der Waals surface area (Å²) in [5.74, 6) is 0. The van der Waals surface area contributed by atoms with Crippen LogP contribution in [0.2, 0.25) is 0 Å². The van der Waals surface area contributed by atoms with Crippen LogP contribution in [0.15, 0.2) is 47.5 Å². The van der Waals surface area contributed by atoms with Crippen molar-refractivity contribution in [2.45, 2.75) is 13.8 Å². The lowest BCUT2D eigenvalue weighted by molar-refractivity contribution is -0.393. The molecule has 0 spiro atoms. The van der Waals surface area contributed by atoms with E-state index >= 15 is 0 Å². The van der Waals surface area contributed by atoms with Gasteiger partial charge in [0.15, 0.2) is 0 Å². The van der Waals surface area contributed by atoms with Crippen molar-refractivity contribution in [3.8, 4) is 0 Å². The summed E-state index contributed by atoms with van der Waals surface area (Å²) in [4.78, 5) is 26.8. The SMILES string of the molecule is CCN(CC)c1ccc(C=Nc2ccc([N+](=O)[O-])cc2[N+](=O)[O-])cc1. The second-order valence-electron chi connectivity index (χ2n) is 5.21. The summed E-state index contributed by atoms with van der Waals surface area (Å²) < 4.78 is 0. The van der Waals surface area contributed by atoms with Gasteiger partial charge in [0.25, 0.3) is 5.69 Å². The average molecular weight is 342 g/mol. The van der Waals surface area contributed by atoms with E-state index in [2.05, 4.69) is 23.7 Å². The zero-order valence-electron chi connectivity index (χ0n) is 14.0. The van der Waals surface area contributed by atoms with Crippen LogP contribution in [0.1, 0.15) is 19.4 Å². The van der Waals surface area contributed by atoms with Crippen LogP contribution in [0.25, 0.3) is 0 Å². The van der Waals surface area contributed by atoms with Crippen LogP contribution in [-0.4, -0.2) is 29.2 Å². The molecule has 8 nitrogen and oxygen atoms in total. The molecule has 0 saturated carbocycles. The molecule has 0 atom stereocenters. The Morgan fingerprint density at radius 2 is 1.64 bits per heavy atom. The first-order valence-electron chi connectivity index (χ1n) is 7.78. The fourth-order valence-electron chi connectivity index (χ4n) is 2.38. The highest BCUT2D eigenvalue weighted by molar-refractivity contribution is 5.84. The summed E-state index contributed by atoms with van der Waals surface area (Å²) in [6, 6.07) is 11.0. The number of nitro groups is 2. The molecule has 0 N–H and O–H groups in total. The maximum Gasteiger partial charge on any atom is 0.301 e. The quantitative estimate of drug-likeness (QED) is 0.428. The third-order valence-corrected chi connectivity index (χ3v) is 3.74. The van der Waals surface area contributed by atoms with Crippen molar-refractivity contribution >= 4 is 29.0 Å². The summed E-state index contributed by atoms with van der Waals surface area (Å²) >= 11 is 0. The van der Waals surface area contributed by atoms with E-state index in [-0.39, 0.29) is 11.4 Å². The number of aliphatic imine (C=N–C) groups is 1. The van der Waals surface area contributed by atoms with Gasteiger partial charge >= 0.3 is 5.69 Å². The first-order valence-corrected chi connectivity index (χ1v) is 7.78. The fraction of sp³-hybridized carbons (Fsp3) is 0.235. The molecule has 0 radical (unpaired) electrons. The summed E-state index contributed by atoms with van der Waals surface area (Å²) in [6.07, 6.45) is 1.50. The Balaban J connectivity index is 2.27. The molecule has 0 unspecified atom stereocenters. The minimum Gasteiger partial charge on any atom is -0.372 e. The summed E-state index contributed by atoms with van der Waals surface area (Å²) in [6.45, 7) is 5.96. The van der Waals surface area contributed by atoms with Gasteiger partial charge in [-0.2, -0.15) is 0 Å². The van der Waals surface area contributed by atoms with E-state index in [0.717, 1.165) is 30.4 Å². The Morgan fingerprint density at radius 3 is 2.16 bits per heavy atom. The summed E-state index contributed by atoms with van der Waals surface area (Å²) in [5.41, 5.74) is 1.20. The van der Waals surface area contributed by atoms with Crippen LogP contribution >= 0.6 is 0 Å². The minimum absolute atomic E-state index is 0.0726. The van der Waals surface area contributed by atoms with E-state index in [1.54, 1.807) is 0 Å². The molecule has 130 valence electrons. The lowest BCUT2D eigenvalue weighted by atomic mass is 10.2. The van der Waals surface area contributed by atoms with Crippen molar-refractivity contribution in [3.63, 3.8) is 0 Å². The molecule has 0 aliphatic heterocycles. The smallest absolute Gasteiger partial charge is 0.301 e. The molecule has 0 bridgehead atoms. The third kappa shape index (κ3) is 4.37. The van der Waals surface area contributed by atoms with Gasteiger partial charge in [0.1, 0.15) is 5.69 Å². The van der Waals surface area contributed by atoms with Crippen LogP contribution < -0.4 is 4.90 Å². The molecule has 0 aliphatic rings. The second-order valence-corrected chi connectivity index (χ2v) is 5.21. The Labute approximate surface area is 144 Å². The number of nitrogens with zero attached hydrogens (tertiary/aromatic N) is 4. The maximum atomic E-state index is 11.1. The number of hydrogen-bond donors (Lipinski definition) is 0. The molecule has 8 heteroatoms. The number of nitro benzene ring substituents is 2. The zero-order valence-corrected chi connectivity index (χ0v) is 14.0. The highest BCUT2D eigenvalue weighted by Crippen LogP contribution is 2.31. The van der Waals surface area contributed by atoms with E-state index in [4.69, 9.17) is 0 Å². The highest BCUT2D eigenvalue weighted by Gasteiger charge is 2.18. The number of anilines is 1. The molecule has 0 fully saturated rings. The van der Waals surface area contributed by atoms with Gasteiger partial charge in [-0.3, -0.25) is 20.2 Å². The first kappa shape index (κ1) is 18.1. The van der Waals surface area contributed by atoms with E-state index < -0.39 is 15.5 Å². The van der Waals surface area contributed by atoms with Crippen LogP contribution in [0.5, 0.6) is 0 Å². The Hall–Kier alpha value is -3.29. The van der Waals surface area contributed by atoms with Gasteiger partial charge in [0.2, 0.25) is 0 Å². The van der Waals surface area contributed by atoms with Crippen molar-refractivity contribution in [2.24, 2.45) is 4.99 Å². The van der Waals surface area contributed by atoms with E-state index in [0.29, 0.717) is 0 Å². The van der Waals surface area contributed by atoms with Gasteiger partial charge in [-0.1, -0.05) is 12.1 Å². The average Bonchev–Trinajstić information content (AvgIpc) is 2.61. The van der Waals surface area contributed by atoms with Crippen LogP contribution in [0.3, 0.4) is 0 Å². The molecule has 0 aromatic heterocycles. The fourth-order valence-corrected chi connectivity index (χ4v) is 2.38. The molecule has 2 aromatic rings. The normalized spacial score (nSPS) is 10.8. The molecule has 2 aromatic carbocycles. The zero-order chi connectivity index (χ0) is 18.4. The van der Waals surface area contributed by atoms with Crippen LogP contribution in [0.4, 0.5) is 22.7 Å².